The van der Waals surface area contributed by atoms with Gasteiger partial charge in [0.25, 0.3) is 0 Å². The summed E-state index contributed by atoms with van der Waals surface area (Å²) in [7, 11) is 1.81. The quantitative estimate of drug-likeness (QED) is 0.872. The highest BCUT2D eigenvalue weighted by molar-refractivity contribution is 7.99. The Morgan fingerprint density at radius 2 is 2.35 bits per heavy atom. The van der Waals surface area contributed by atoms with Crippen LogP contribution in [0.15, 0.2) is 23.1 Å². The molecule has 0 aromatic heterocycles. The molecule has 0 radical (unpaired) electrons. The molecule has 4 heteroatoms. The summed E-state index contributed by atoms with van der Waals surface area (Å²) in [5, 5.41) is 2.94. The Bertz CT molecular complexity index is 433. The van der Waals surface area contributed by atoms with Crippen LogP contribution in [0.2, 0.25) is 0 Å². The fourth-order valence-electron chi connectivity index (χ4n) is 2.17. The number of nitrogens with one attached hydrogen (secondary N) is 1. The molecule has 1 aromatic rings. The van der Waals surface area contributed by atoms with Gasteiger partial charge in [0.2, 0.25) is 5.91 Å². The molecule has 1 atom stereocenters. The average Bonchev–Trinajstić information content (AvgIpc) is 2.30. The van der Waals surface area contributed by atoms with Crippen molar-refractivity contribution in [2.45, 2.75) is 24.8 Å². The summed E-state index contributed by atoms with van der Waals surface area (Å²) in [4.78, 5) is 15.3. The zero-order valence-corrected chi connectivity index (χ0v) is 11.3. The number of fused-ring (bicyclic) bond motifs is 1. The Morgan fingerprint density at radius 1 is 1.59 bits per heavy atom. The van der Waals surface area contributed by atoms with Gasteiger partial charge in [-0.3, -0.25) is 4.79 Å². The van der Waals surface area contributed by atoms with Gasteiger partial charge in [0.15, 0.2) is 0 Å². The number of aryl methyl sites for hydroxylation is 1. The van der Waals surface area contributed by atoms with Crippen LogP contribution in [0.25, 0.3) is 0 Å². The molecule has 1 aromatic carbocycles. The van der Waals surface area contributed by atoms with E-state index in [1.54, 1.807) is 7.05 Å². The number of nitrogens with zero attached hydrogens (tertiary/aromatic N) is 1. The van der Waals surface area contributed by atoms with E-state index in [2.05, 4.69) is 37.4 Å². The van der Waals surface area contributed by atoms with Gasteiger partial charge in [-0.1, -0.05) is 12.1 Å². The van der Waals surface area contributed by atoms with Gasteiger partial charge in [0.05, 0.1) is 12.2 Å². The van der Waals surface area contributed by atoms with Gasteiger partial charge < -0.3 is 10.2 Å². The average molecular weight is 250 g/mol. The number of rotatable bonds is 2. The number of likely N-dealkylation sites (N-methyl/N-ethyl adjacent to an activating group) is 1. The molecule has 1 amide bonds. The summed E-state index contributed by atoms with van der Waals surface area (Å²) in [5.41, 5.74) is 2.27. The predicted octanol–water partition coefficient (Wildman–Crippen LogP) is 2.04. The van der Waals surface area contributed by atoms with Gasteiger partial charge in [0.1, 0.15) is 0 Å². The predicted molar refractivity (Wildman–Crippen MR) is 72.8 cm³/mol. The maximum Gasteiger partial charge on any atom is 0.241 e. The van der Waals surface area contributed by atoms with E-state index in [1.807, 2.05) is 16.7 Å². The van der Waals surface area contributed by atoms with Crippen molar-refractivity contribution in [1.29, 1.82) is 0 Å². The molecule has 0 saturated heterocycles. The largest absolute Gasteiger partial charge is 0.311 e. The molecule has 0 aliphatic carbocycles. The summed E-state index contributed by atoms with van der Waals surface area (Å²) in [6.07, 6.45) is 0. The van der Waals surface area contributed by atoms with E-state index in [9.17, 15) is 4.79 Å². The summed E-state index contributed by atoms with van der Waals surface area (Å²) >= 11 is 1.84. The SMILES string of the molecule is CNCC(=O)N1c2c(C)cccc2SCC1C. The van der Waals surface area contributed by atoms with Gasteiger partial charge in [-0.05, 0) is 32.5 Å². The van der Waals surface area contributed by atoms with E-state index < -0.39 is 0 Å². The summed E-state index contributed by atoms with van der Waals surface area (Å²) < 4.78 is 0. The number of thioether (sulfide) groups is 1. The first-order chi connectivity index (χ1) is 8.15. The van der Waals surface area contributed by atoms with Crippen LogP contribution in [0.1, 0.15) is 12.5 Å². The molecule has 0 fully saturated rings. The molecular weight excluding hydrogens is 232 g/mol. The second-order valence-electron chi connectivity index (χ2n) is 4.38. The third-order valence-electron chi connectivity index (χ3n) is 2.96. The van der Waals surface area contributed by atoms with Crippen LogP contribution < -0.4 is 10.2 Å². The van der Waals surface area contributed by atoms with Gasteiger partial charge in [0, 0.05) is 16.7 Å². The molecule has 3 nitrogen and oxygen atoms in total. The number of hydrogen-bond acceptors (Lipinski definition) is 3. The van der Waals surface area contributed by atoms with Crippen molar-refractivity contribution in [2.75, 3.05) is 24.2 Å². The fraction of sp³-hybridized carbons (Fsp3) is 0.462. The molecule has 1 N–H and O–H groups in total. The van der Waals surface area contributed by atoms with Gasteiger partial charge in [-0.25, -0.2) is 0 Å². The minimum Gasteiger partial charge on any atom is -0.311 e. The highest BCUT2D eigenvalue weighted by atomic mass is 32.2. The van der Waals surface area contributed by atoms with Crippen molar-refractivity contribution in [2.24, 2.45) is 0 Å². The summed E-state index contributed by atoms with van der Waals surface area (Å²) in [5.74, 6) is 1.11. The second kappa shape index (κ2) is 5.10. The standard InChI is InChI=1S/C13H18N2OS/c1-9-5-4-6-11-13(9)15(10(2)8-17-11)12(16)7-14-3/h4-6,10,14H,7-8H2,1-3H3. The zero-order valence-electron chi connectivity index (χ0n) is 10.5. The third-order valence-corrected chi connectivity index (χ3v) is 4.25. The monoisotopic (exact) mass is 250 g/mol. The van der Waals surface area contributed by atoms with Crippen LogP contribution in [-0.2, 0) is 4.79 Å². The number of carbonyl (C=O) groups is 1. The maximum atomic E-state index is 12.2. The first kappa shape index (κ1) is 12.5. The number of benzene rings is 1. The molecule has 1 aliphatic rings. The third kappa shape index (κ3) is 2.33. The lowest BCUT2D eigenvalue weighted by Gasteiger charge is -2.36. The van der Waals surface area contributed by atoms with Crippen molar-refractivity contribution in [3.63, 3.8) is 0 Å². The second-order valence-corrected chi connectivity index (χ2v) is 5.44. The Hall–Kier alpha value is -1.00. The molecule has 1 aliphatic heterocycles. The van der Waals surface area contributed by atoms with Crippen LogP contribution in [0.3, 0.4) is 0 Å². The first-order valence-electron chi connectivity index (χ1n) is 5.84. The maximum absolute atomic E-state index is 12.2. The minimum absolute atomic E-state index is 0.149. The molecule has 2 rings (SSSR count). The molecule has 1 unspecified atom stereocenters. The fourth-order valence-corrected chi connectivity index (χ4v) is 3.31. The van der Waals surface area contributed by atoms with Crippen molar-refractivity contribution < 1.29 is 4.79 Å². The van der Waals surface area contributed by atoms with E-state index in [-0.39, 0.29) is 11.9 Å². The Balaban J connectivity index is 2.42. The Kier molecular flexibility index (Phi) is 3.74. The molecular formula is C13H18N2OS. The van der Waals surface area contributed by atoms with Crippen molar-refractivity contribution in [1.82, 2.24) is 5.32 Å². The molecule has 17 heavy (non-hydrogen) atoms. The Morgan fingerprint density at radius 3 is 3.06 bits per heavy atom. The molecule has 92 valence electrons. The number of anilines is 1. The normalized spacial score (nSPS) is 19.0. The molecule has 0 saturated carbocycles. The van der Waals surface area contributed by atoms with Crippen molar-refractivity contribution >= 4 is 23.4 Å². The smallest absolute Gasteiger partial charge is 0.241 e. The van der Waals surface area contributed by atoms with Crippen LogP contribution in [0.4, 0.5) is 5.69 Å². The van der Waals surface area contributed by atoms with Gasteiger partial charge >= 0.3 is 0 Å². The van der Waals surface area contributed by atoms with E-state index in [0.717, 1.165) is 11.4 Å². The lowest BCUT2D eigenvalue weighted by atomic mass is 10.1. The Labute approximate surface area is 107 Å². The van der Waals surface area contributed by atoms with Crippen LogP contribution in [0.5, 0.6) is 0 Å². The zero-order chi connectivity index (χ0) is 12.4. The van der Waals surface area contributed by atoms with Crippen molar-refractivity contribution in [3.8, 4) is 0 Å². The van der Waals surface area contributed by atoms with Crippen LogP contribution in [0, 0.1) is 6.92 Å². The van der Waals surface area contributed by atoms with E-state index in [0.29, 0.717) is 6.54 Å². The lowest BCUT2D eigenvalue weighted by Crippen LogP contribution is -2.46. The highest BCUT2D eigenvalue weighted by Gasteiger charge is 2.29. The number of para-hydroxylation sites is 1. The van der Waals surface area contributed by atoms with E-state index in [4.69, 9.17) is 0 Å². The van der Waals surface area contributed by atoms with E-state index >= 15 is 0 Å². The van der Waals surface area contributed by atoms with Crippen LogP contribution >= 0.6 is 11.8 Å². The molecule has 0 spiro atoms. The summed E-state index contributed by atoms with van der Waals surface area (Å²) in [6.45, 7) is 4.57. The first-order valence-corrected chi connectivity index (χ1v) is 6.82. The summed E-state index contributed by atoms with van der Waals surface area (Å²) in [6, 6.07) is 6.47. The van der Waals surface area contributed by atoms with Crippen molar-refractivity contribution in [3.05, 3.63) is 23.8 Å². The number of amides is 1. The number of carbonyl (C=O) groups excluding carboxylic acids is 1. The molecule has 0 bridgehead atoms. The van der Waals surface area contributed by atoms with Gasteiger partial charge in [-0.15, -0.1) is 11.8 Å². The lowest BCUT2D eigenvalue weighted by molar-refractivity contribution is -0.118. The topological polar surface area (TPSA) is 32.3 Å². The number of hydrogen-bond donors (Lipinski definition) is 1. The molecule has 1 heterocycles. The highest BCUT2D eigenvalue weighted by Crippen LogP contribution is 2.39. The van der Waals surface area contributed by atoms with Crippen LogP contribution in [-0.4, -0.2) is 31.3 Å². The minimum atomic E-state index is 0.149. The van der Waals surface area contributed by atoms with E-state index in [1.165, 1.54) is 10.5 Å². The van der Waals surface area contributed by atoms with Gasteiger partial charge in [-0.2, -0.15) is 0 Å².